The van der Waals surface area contributed by atoms with Crippen molar-refractivity contribution in [1.82, 2.24) is 0 Å². The first kappa shape index (κ1) is 6.99. The Balaban J connectivity index is 1.92. The van der Waals surface area contributed by atoms with Crippen LogP contribution in [0.5, 0.6) is 0 Å². The van der Waals surface area contributed by atoms with Crippen LogP contribution in [-0.4, -0.2) is 5.60 Å². The molecule has 0 aromatic carbocycles. The SMILES string of the molecule is C=COC12CC3CC(CC1C3)C2. The first-order valence-corrected chi connectivity index (χ1v) is 5.11. The first-order chi connectivity index (χ1) is 5.82. The topological polar surface area (TPSA) is 9.23 Å². The molecule has 1 heteroatoms. The van der Waals surface area contributed by atoms with Gasteiger partial charge >= 0.3 is 0 Å². The van der Waals surface area contributed by atoms with Crippen LogP contribution in [0, 0.1) is 17.8 Å². The summed E-state index contributed by atoms with van der Waals surface area (Å²) in [5.74, 6) is 2.85. The van der Waals surface area contributed by atoms with E-state index in [4.69, 9.17) is 4.74 Å². The summed E-state index contributed by atoms with van der Waals surface area (Å²) >= 11 is 0. The number of ether oxygens (including phenoxy) is 1. The van der Waals surface area contributed by atoms with Crippen molar-refractivity contribution in [2.45, 2.75) is 37.7 Å². The maximum Gasteiger partial charge on any atom is 0.111 e. The van der Waals surface area contributed by atoms with Gasteiger partial charge in [-0.2, -0.15) is 0 Å². The standard InChI is InChI=1S/C11H16O/c1-2-12-11-6-8-3-9(7-11)5-10(11)4-8/h2,8-10H,1,3-7H2. The normalized spacial score (nSPS) is 54.5. The van der Waals surface area contributed by atoms with Crippen molar-refractivity contribution < 1.29 is 4.74 Å². The van der Waals surface area contributed by atoms with E-state index in [-0.39, 0.29) is 5.60 Å². The zero-order valence-electron chi connectivity index (χ0n) is 7.46. The van der Waals surface area contributed by atoms with Gasteiger partial charge in [0, 0.05) is 0 Å². The Kier molecular flexibility index (Phi) is 1.20. The molecular weight excluding hydrogens is 148 g/mol. The summed E-state index contributed by atoms with van der Waals surface area (Å²) in [7, 11) is 0. The molecule has 0 amide bonds. The van der Waals surface area contributed by atoms with Gasteiger partial charge in [0.05, 0.1) is 6.26 Å². The molecule has 0 radical (unpaired) electrons. The second-order valence-electron chi connectivity index (χ2n) is 4.89. The van der Waals surface area contributed by atoms with Crippen molar-refractivity contribution in [2.24, 2.45) is 17.8 Å². The van der Waals surface area contributed by atoms with Crippen LogP contribution in [0.25, 0.3) is 0 Å². The zero-order valence-corrected chi connectivity index (χ0v) is 7.46. The van der Waals surface area contributed by atoms with Crippen molar-refractivity contribution in [3.63, 3.8) is 0 Å². The Morgan fingerprint density at radius 2 is 1.83 bits per heavy atom. The first-order valence-electron chi connectivity index (χ1n) is 5.11. The Labute approximate surface area is 73.8 Å². The van der Waals surface area contributed by atoms with Gasteiger partial charge in [-0.25, -0.2) is 0 Å². The van der Waals surface area contributed by atoms with Gasteiger partial charge in [-0.1, -0.05) is 6.58 Å². The highest BCUT2D eigenvalue weighted by molar-refractivity contribution is 5.09. The van der Waals surface area contributed by atoms with Crippen LogP contribution < -0.4 is 0 Å². The van der Waals surface area contributed by atoms with E-state index in [1.807, 2.05) is 0 Å². The summed E-state index contributed by atoms with van der Waals surface area (Å²) in [5.41, 5.74) is 0.259. The molecule has 0 aromatic rings. The molecule has 4 rings (SSSR count). The number of hydrogen-bond donors (Lipinski definition) is 0. The molecule has 12 heavy (non-hydrogen) atoms. The molecule has 2 unspecified atom stereocenters. The fraction of sp³-hybridized carbons (Fsp3) is 0.818. The van der Waals surface area contributed by atoms with Gasteiger partial charge in [0.25, 0.3) is 0 Å². The molecule has 0 spiro atoms. The lowest BCUT2D eigenvalue weighted by atomic mass is 9.81. The van der Waals surface area contributed by atoms with Gasteiger partial charge in [-0.3, -0.25) is 0 Å². The summed E-state index contributed by atoms with van der Waals surface area (Å²) in [6.07, 6.45) is 8.66. The van der Waals surface area contributed by atoms with Crippen LogP contribution >= 0.6 is 0 Å². The quantitative estimate of drug-likeness (QED) is 0.570. The maximum atomic E-state index is 5.78. The van der Waals surface area contributed by atoms with Gasteiger partial charge in [0.2, 0.25) is 0 Å². The van der Waals surface area contributed by atoms with E-state index in [0.29, 0.717) is 0 Å². The van der Waals surface area contributed by atoms with E-state index in [0.717, 1.165) is 17.8 Å². The van der Waals surface area contributed by atoms with Crippen molar-refractivity contribution in [3.05, 3.63) is 12.8 Å². The monoisotopic (exact) mass is 164 g/mol. The van der Waals surface area contributed by atoms with Gasteiger partial charge in [-0.15, -0.1) is 0 Å². The van der Waals surface area contributed by atoms with E-state index < -0.39 is 0 Å². The second-order valence-corrected chi connectivity index (χ2v) is 4.89. The molecule has 0 saturated heterocycles. The third kappa shape index (κ3) is 0.699. The molecule has 0 aliphatic heterocycles. The molecule has 4 fully saturated rings. The number of hydrogen-bond acceptors (Lipinski definition) is 1. The van der Waals surface area contributed by atoms with Gasteiger partial charge in [0.1, 0.15) is 5.60 Å². The summed E-state index contributed by atoms with van der Waals surface area (Å²) in [6, 6.07) is 0. The molecule has 0 aromatic heterocycles. The number of rotatable bonds is 2. The minimum absolute atomic E-state index is 0.259. The lowest BCUT2D eigenvalue weighted by Crippen LogP contribution is -2.31. The van der Waals surface area contributed by atoms with E-state index in [2.05, 4.69) is 6.58 Å². The van der Waals surface area contributed by atoms with Crippen LogP contribution in [0.4, 0.5) is 0 Å². The summed E-state index contributed by atoms with van der Waals surface area (Å²) in [5, 5.41) is 0. The Hall–Kier alpha value is -0.460. The highest BCUT2D eigenvalue weighted by Crippen LogP contribution is 2.61. The molecule has 4 aliphatic carbocycles. The van der Waals surface area contributed by atoms with Crippen LogP contribution in [0.2, 0.25) is 0 Å². The molecule has 1 nitrogen and oxygen atoms in total. The van der Waals surface area contributed by atoms with E-state index >= 15 is 0 Å². The van der Waals surface area contributed by atoms with Crippen molar-refractivity contribution in [1.29, 1.82) is 0 Å². The zero-order chi connectivity index (χ0) is 8.18. The van der Waals surface area contributed by atoms with E-state index in [1.54, 1.807) is 6.26 Å². The van der Waals surface area contributed by atoms with Gasteiger partial charge in [0.15, 0.2) is 0 Å². The highest BCUT2D eigenvalue weighted by atomic mass is 16.5. The van der Waals surface area contributed by atoms with E-state index in [9.17, 15) is 0 Å². The minimum atomic E-state index is 0.259. The lowest BCUT2D eigenvalue weighted by molar-refractivity contribution is -0.00526. The van der Waals surface area contributed by atoms with Gasteiger partial charge < -0.3 is 4.74 Å². The Morgan fingerprint density at radius 3 is 2.42 bits per heavy atom. The van der Waals surface area contributed by atoms with E-state index in [1.165, 1.54) is 32.1 Å². The lowest BCUT2D eigenvalue weighted by Gasteiger charge is -2.31. The summed E-state index contributed by atoms with van der Waals surface area (Å²) in [6.45, 7) is 3.70. The van der Waals surface area contributed by atoms with Crippen LogP contribution in [0.1, 0.15) is 32.1 Å². The fourth-order valence-corrected chi connectivity index (χ4v) is 4.08. The smallest absolute Gasteiger partial charge is 0.111 e. The largest absolute Gasteiger partial charge is 0.495 e. The molecule has 4 bridgehead atoms. The van der Waals surface area contributed by atoms with Crippen molar-refractivity contribution >= 4 is 0 Å². The molecule has 4 aliphatic rings. The fourth-order valence-electron chi connectivity index (χ4n) is 4.08. The summed E-state index contributed by atoms with van der Waals surface area (Å²) < 4.78 is 5.78. The minimum Gasteiger partial charge on any atom is -0.495 e. The van der Waals surface area contributed by atoms with Gasteiger partial charge in [-0.05, 0) is 49.9 Å². The average Bonchev–Trinajstić information content (AvgIpc) is 2.36. The molecule has 2 atom stereocenters. The third-order valence-corrected chi connectivity index (χ3v) is 4.23. The molecular formula is C11H16O. The Morgan fingerprint density at radius 1 is 1.17 bits per heavy atom. The summed E-state index contributed by atoms with van der Waals surface area (Å²) in [4.78, 5) is 0. The van der Waals surface area contributed by atoms with Crippen LogP contribution in [0.15, 0.2) is 12.8 Å². The predicted octanol–water partition coefficient (Wildman–Crippen LogP) is 2.73. The Bertz CT molecular complexity index is 207. The van der Waals surface area contributed by atoms with Crippen LogP contribution in [0.3, 0.4) is 0 Å². The molecule has 0 heterocycles. The van der Waals surface area contributed by atoms with Crippen molar-refractivity contribution in [2.75, 3.05) is 0 Å². The molecule has 66 valence electrons. The third-order valence-electron chi connectivity index (χ3n) is 4.23. The maximum absolute atomic E-state index is 5.78. The molecule has 0 N–H and O–H groups in total. The molecule has 4 saturated carbocycles. The predicted molar refractivity (Wildman–Crippen MR) is 47.6 cm³/mol. The highest BCUT2D eigenvalue weighted by Gasteiger charge is 2.59. The average molecular weight is 164 g/mol. The van der Waals surface area contributed by atoms with Crippen LogP contribution in [-0.2, 0) is 4.74 Å². The second kappa shape index (κ2) is 2.07. The van der Waals surface area contributed by atoms with Crippen molar-refractivity contribution in [3.8, 4) is 0 Å².